The number of nitrogens with zero attached hydrogens (tertiary/aromatic N) is 2. The molecule has 2 fully saturated rings. The van der Waals surface area contributed by atoms with Crippen molar-refractivity contribution in [2.24, 2.45) is 29.4 Å². The predicted molar refractivity (Wildman–Crippen MR) is 141 cm³/mol. The Morgan fingerprint density at radius 3 is 2.41 bits per heavy atom. The van der Waals surface area contributed by atoms with Gasteiger partial charge >= 0.3 is 0 Å². The molecule has 0 aromatic heterocycles. The van der Waals surface area contributed by atoms with Crippen LogP contribution in [0.3, 0.4) is 0 Å². The Hall–Kier alpha value is -3.47. The molecule has 2 aromatic carbocycles. The number of aliphatic hydroxyl groups is 1. The Bertz CT molecular complexity index is 1450. The van der Waals surface area contributed by atoms with Gasteiger partial charge in [0.2, 0.25) is 5.91 Å². The third-order valence-corrected chi connectivity index (χ3v) is 8.98. The van der Waals surface area contributed by atoms with Gasteiger partial charge in [0, 0.05) is 17.8 Å². The number of carbonyl (C=O) groups is 5. The first kappa shape index (κ1) is 27.1. The summed E-state index contributed by atoms with van der Waals surface area (Å²) in [6.45, 7) is 3.50. The Morgan fingerprint density at radius 2 is 1.79 bits per heavy atom. The van der Waals surface area contributed by atoms with Gasteiger partial charge in [-0.05, 0) is 69.0 Å². The summed E-state index contributed by atoms with van der Waals surface area (Å²) < 4.78 is 0. The van der Waals surface area contributed by atoms with E-state index in [9.17, 15) is 34.2 Å². The zero-order valence-electron chi connectivity index (χ0n) is 22.4. The van der Waals surface area contributed by atoms with Crippen LogP contribution in [-0.2, 0) is 32.1 Å². The molecule has 2 unspecified atom stereocenters. The first-order valence-electron chi connectivity index (χ1n) is 13.1. The maximum atomic E-state index is 13.9. The van der Waals surface area contributed by atoms with Gasteiger partial charge in [-0.15, -0.1) is 0 Å². The molecule has 0 radical (unpaired) electrons. The number of primary amides is 1. The van der Waals surface area contributed by atoms with Crippen LogP contribution in [0.4, 0.5) is 0 Å². The fourth-order valence-corrected chi connectivity index (χ4v) is 7.00. The number of hydrogen-bond acceptors (Lipinski definition) is 9. The second-order valence-corrected chi connectivity index (χ2v) is 11.4. The lowest BCUT2D eigenvalue weighted by Crippen LogP contribution is -2.74. The number of phenols is 1. The molecule has 39 heavy (non-hydrogen) atoms. The van der Waals surface area contributed by atoms with E-state index in [4.69, 9.17) is 5.73 Å². The number of benzene rings is 2. The monoisotopic (exact) mass is 535 g/mol. The maximum absolute atomic E-state index is 13.9. The number of Topliss-reactive ketones (excluding diaryl/α,β-unsaturated/α-hetero) is 4. The number of ketones is 4. The molecule has 0 bridgehead atoms. The number of hydrogen-bond donors (Lipinski definition) is 3. The highest BCUT2D eigenvalue weighted by atomic mass is 16.3. The number of fused-ring (bicyclic) bond motifs is 4. The Kier molecular flexibility index (Phi) is 6.48. The van der Waals surface area contributed by atoms with E-state index in [2.05, 4.69) is 4.90 Å². The lowest BCUT2D eigenvalue weighted by Gasteiger charge is -2.52. The van der Waals surface area contributed by atoms with Crippen LogP contribution in [0.2, 0.25) is 0 Å². The minimum absolute atomic E-state index is 0.00934. The van der Waals surface area contributed by atoms with Crippen molar-refractivity contribution in [1.29, 1.82) is 0 Å². The minimum atomic E-state index is -2.72. The average Bonchev–Trinajstić information content (AvgIpc) is 2.86. The second-order valence-electron chi connectivity index (χ2n) is 11.4. The Morgan fingerprint density at radius 1 is 1.10 bits per heavy atom. The summed E-state index contributed by atoms with van der Waals surface area (Å²) in [6.07, 6.45) is 0.274. The molecule has 2 saturated carbocycles. The summed E-state index contributed by atoms with van der Waals surface area (Å²) in [6, 6.07) is 6.24. The van der Waals surface area contributed by atoms with Crippen molar-refractivity contribution < 1.29 is 34.2 Å². The number of amides is 1. The van der Waals surface area contributed by atoms with Crippen molar-refractivity contribution in [2.75, 3.05) is 27.7 Å². The third-order valence-electron chi connectivity index (χ3n) is 8.98. The molecule has 206 valence electrons. The van der Waals surface area contributed by atoms with Crippen LogP contribution >= 0.6 is 0 Å². The van der Waals surface area contributed by atoms with Gasteiger partial charge in [-0.1, -0.05) is 25.1 Å². The van der Waals surface area contributed by atoms with E-state index < -0.39 is 64.4 Å². The van der Waals surface area contributed by atoms with E-state index in [0.717, 1.165) is 17.5 Å². The van der Waals surface area contributed by atoms with Gasteiger partial charge in [0.05, 0.1) is 17.5 Å². The van der Waals surface area contributed by atoms with E-state index >= 15 is 0 Å². The first-order chi connectivity index (χ1) is 18.3. The summed E-state index contributed by atoms with van der Waals surface area (Å²) >= 11 is 0. The zero-order chi connectivity index (χ0) is 28.5. The molecule has 0 spiro atoms. The third kappa shape index (κ3) is 3.76. The maximum Gasteiger partial charge on any atom is 0.235 e. The lowest BCUT2D eigenvalue weighted by molar-refractivity contribution is -0.181. The van der Waals surface area contributed by atoms with Crippen LogP contribution in [0.1, 0.15) is 34.8 Å². The Balaban J connectivity index is 1.64. The summed E-state index contributed by atoms with van der Waals surface area (Å²) in [5.74, 6) is -10.3. The molecule has 4 N–H and O–H groups in total. The van der Waals surface area contributed by atoms with Gasteiger partial charge in [0.25, 0.3) is 0 Å². The number of phenolic OH excluding ortho intramolecular Hbond substituents is 1. The number of carbonyl (C=O) groups excluding carboxylic acids is 5. The number of rotatable bonds is 5. The van der Waals surface area contributed by atoms with Gasteiger partial charge < -0.3 is 20.8 Å². The zero-order valence-corrected chi connectivity index (χ0v) is 22.4. The molecule has 0 saturated heterocycles. The molecular weight excluding hydrogens is 502 g/mol. The highest BCUT2D eigenvalue weighted by molar-refractivity contribution is 6.32. The van der Waals surface area contributed by atoms with Crippen LogP contribution in [-0.4, -0.2) is 88.4 Å². The molecule has 5 rings (SSSR count). The van der Waals surface area contributed by atoms with Crippen molar-refractivity contribution in [3.05, 3.63) is 41.0 Å². The smallest absolute Gasteiger partial charge is 0.235 e. The molecule has 1 amide bonds. The highest BCUT2D eigenvalue weighted by Gasteiger charge is 2.69. The van der Waals surface area contributed by atoms with E-state index in [-0.39, 0.29) is 24.2 Å². The van der Waals surface area contributed by atoms with E-state index in [0.29, 0.717) is 17.5 Å². The van der Waals surface area contributed by atoms with Crippen molar-refractivity contribution in [3.8, 4) is 5.75 Å². The van der Waals surface area contributed by atoms with Crippen LogP contribution in [0, 0.1) is 23.7 Å². The van der Waals surface area contributed by atoms with Gasteiger partial charge in [0.15, 0.2) is 34.7 Å². The summed E-state index contributed by atoms with van der Waals surface area (Å²) in [5, 5.41) is 24.2. The molecule has 10 nitrogen and oxygen atoms in total. The summed E-state index contributed by atoms with van der Waals surface area (Å²) in [4.78, 5) is 70.0. The second kappa shape index (κ2) is 9.32. The van der Waals surface area contributed by atoms with Gasteiger partial charge in [-0.2, -0.15) is 0 Å². The predicted octanol–water partition coefficient (Wildman–Crippen LogP) is 0.472. The summed E-state index contributed by atoms with van der Waals surface area (Å²) in [5.41, 5.74) is 4.21. The first-order valence-corrected chi connectivity index (χ1v) is 13.1. The van der Waals surface area contributed by atoms with Crippen LogP contribution in [0.25, 0.3) is 10.8 Å². The quantitative estimate of drug-likeness (QED) is 0.463. The normalized spacial score (nSPS) is 30.5. The van der Waals surface area contributed by atoms with Crippen LogP contribution in [0.15, 0.2) is 24.3 Å². The van der Waals surface area contributed by atoms with Crippen molar-refractivity contribution >= 4 is 39.8 Å². The van der Waals surface area contributed by atoms with Crippen molar-refractivity contribution in [3.63, 3.8) is 0 Å². The molecule has 10 heteroatoms. The van der Waals surface area contributed by atoms with E-state index in [1.54, 1.807) is 26.2 Å². The number of nitrogens with two attached hydrogens (primary N) is 1. The fourth-order valence-electron chi connectivity index (χ4n) is 7.00. The SMILES string of the molecule is CCN(C)Cc1cccc2c(O)c3c(cc12)C[C@H]1C[C@H]2[C@H](N(C)C)C(=O)C(C(N)=O)C(=O)[C@@]2(O)C(=O)C1C3=O. The lowest BCUT2D eigenvalue weighted by atomic mass is 9.52. The van der Waals surface area contributed by atoms with E-state index in [1.165, 1.54) is 4.90 Å². The van der Waals surface area contributed by atoms with Crippen molar-refractivity contribution in [1.82, 2.24) is 9.80 Å². The van der Waals surface area contributed by atoms with Gasteiger partial charge in [0.1, 0.15) is 5.75 Å². The van der Waals surface area contributed by atoms with Gasteiger partial charge in [-0.25, -0.2) is 0 Å². The molecular formula is C29H33N3O7. The summed E-state index contributed by atoms with van der Waals surface area (Å²) in [7, 11) is 5.11. The molecule has 3 aliphatic carbocycles. The number of aromatic hydroxyl groups is 1. The van der Waals surface area contributed by atoms with Crippen LogP contribution in [0.5, 0.6) is 5.75 Å². The molecule has 0 aliphatic heterocycles. The van der Waals surface area contributed by atoms with Crippen LogP contribution < -0.4 is 5.73 Å². The Labute approximate surface area is 225 Å². The topological polar surface area (TPSA) is 158 Å². The highest BCUT2D eigenvalue weighted by Crippen LogP contribution is 2.51. The number of likely N-dealkylation sites (N-methyl/N-ethyl adjacent to an activating group) is 1. The largest absolute Gasteiger partial charge is 0.507 e. The standard InChI is InChI=1S/C29H33N3O7/c1-5-32(4)12-13-7-6-8-16-17(13)10-14-9-15-11-18-22(31(2)3)25(35)21(28(30)38)27(37)29(18,39)26(36)20(15)24(34)19(14)23(16)33/h6-8,10,15,18,20-22,33,39H,5,9,11-12H2,1-4H3,(H2,30,38)/t15-,18-,20?,21?,22-,29-/m0/s1. The fraction of sp³-hybridized carbons (Fsp3) is 0.483. The molecule has 3 aliphatic rings. The minimum Gasteiger partial charge on any atom is -0.507 e. The molecule has 2 aromatic rings. The van der Waals surface area contributed by atoms with Gasteiger partial charge in [-0.3, -0.25) is 28.9 Å². The van der Waals surface area contributed by atoms with E-state index in [1.807, 2.05) is 26.1 Å². The van der Waals surface area contributed by atoms with Crippen molar-refractivity contribution in [2.45, 2.75) is 38.0 Å². The molecule has 0 heterocycles. The molecule has 6 atom stereocenters. The average molecular weight is 536 g/mol.